The van der Waals surface area contributed by atoms with Crippen molar-refractivity contribution < 1.29 is 4.55 Å². The van der Waals surface area contributed by atoms with Crippen molar-refractivity contribution in [2.45, 2.75) is 11.2 Å². The molecule has 1 unspecified atom stereocenters. The number of hydrogen-bond donors (Lipinski definition) is 1. The van der Waals surface area contributed by atoms with Gasteiger partial charge in [0.25, 0.3) is 0 Å². The Morgan fingerprint density at radius 3 is 3.00 bits per heavy atom. The Balaban J connectivity index is 2.52. The molecule has 1 N–H and O–H groups in total. The second kappa shape index (κ2) is 3.44. The summed E-state index contributed by atoms with van der Waals surface area (Å²) in [5, 5.41) is 0. The van der Waals surface area contributed by atoms with Crippen LogP contribution in [0, 0.1) is 0 Å². The molecule has 0 radical (unpaired) electrons. The van der Waals surface area contributed by atoms with Crippen molar-refractivity contribution in [3.05, 3.63) is 23.1 Å². The minimum atomic E-state index is 0.452. The van der Waals surface area contributed by atoms with Crippen LogP contribution in [0.25, 0.3) is 0 Å². The average molecular weight is 207 g/mol. The fourth-order valence-corrected chi connectivity index (χ4v) is 1.29. The molecule has 0 aromatic rings. The van der Waals surface area contributed by atoms with Crippen molar-refractivity contribution in [3.8, 4) is 0 Å². The van der Waals surface area contributed by atoms with E-state index in [1.165, 1.54) is 0 Å². The summed E-state index contributed by atoms with van der Waals surface area (Å²) in [4.78, 5) is 1.39. The molecule has 0 aliphatic heterocycles. The summed E-state index contributed by atoms with van der Waals surface area (Å²) >= 11 is 4.22. The van der Waals surface area contributed by atoms with Gasteiger partial charge in [-0.15, -0.1) is 0 Å². The molecule has 0 heterocycles. The van der Waals surface area contributed by atoms with Gasteiger partial charge in [0.2, 0.25) is 0 Å². The van der Waals surface area contributed by atoms with Crippen molar-refractivity contribution >= 4 is 28.0 Å². The summed E-state index contributed by atoms with van der Waals surface area (Å²) in [7, 11) is 0. The molecule has 0 aromatic heterocycles. The molecule has 0 amide bonds. The average Bonchev–Trinajstić information content (AvgIpc) is 1.90. The Hall–Kier alpha value is 0.270. The van der Waals surface area contributed by atoms with Crippen LogP contribution < -0.4 is 0 Å². The molecule has 0 bridgehead atoms. The maximum Gasteiger partial charge on any atom is 0.0363 e. The van der Waals surface area contributed by atoms with Gasteiger partial charge in [0, 0.05) is 21.8 Å². The highest BCUT2D eigenvalue weighted by Gasteiger charge is 2.03. The van der Waals surface area contributed by atoms with Crippen molar-refractivity contribution in [1.82, 2.24) is 0 Å². The van der Waals surface area contributed by atoms with Crippen LogP contribution in [0.3, 0.4) is 0 Å². The highest BCUT2D eigenvalue weighted by atomic mass is 79.9. The molecule has 9 heavy (non-hydrogen) atoms. The van der Waals surface area contributed by atoms with Crippen LogP contribution in [0.1, 0.15) is 6.42 Å². The van der Waals surface area contributed by atoms with E-state index in [2.05, 4.69) is 15.9 Å². The van der Waals surface area contributed by atoms with E-state index in [1.807, 2.05) is 18.2 Å². The molecular formula is C6H7BrOS. The Morgan fingerprint density at radius 2 is 2.56 bits per heavy atom. The zero-order valence-electron chi connectivity index (χ0n) is 4.75. The molecule has 0 aromatic carbocycles. The Morgan fingerprint density at radius 1 is 1.78 bits per heavy atom. The van der Waals surface area contributed by atoms with Crippen LogP contribution >= 0.6 is 28.0 Å². The summed E-state index contributed by atoms with van der Waals surface area (Å²) < 4.78 is 8.56. The van der Waals surface area contributed by atoms with Crippen molar-refractivity contribution in [1.29, 1.82) is 0 Å². The van der Waals surface area contributed by atoms with Crippen molar-refractivity contribution in [2.24, 2.45) is 0 Å². The standard InChI is InChI=1S/C6H7BrOS/c7-5-1-3-6(9-8)4-2-5/h1,3-5,8H,2H2. The molecule has 0 saturated carbocycles. The SMILES string of the molecule is OSC1=CCC(Br)C=C1. The second-order valence-corrected chi connectivity index (χ2v) is 3.64. The van der Waals surface area contributed by atoms with Gasteiger partial charge in [-0.3, -0.25) is 0 Å². The molecular weight excluding hydrogens is 200 g/mol. The molecule has 50 valence electrons. The van der Waals surface area contributed by atoms with Gasteiger partial charge in [0.15, 0.2) is 0 Å². The molecule has 1 aliphatic rings. The quantitative estimate of drug-likeness (QED) is 0.527. The number of alkyl halides is 1. The van der Waals surface area contributed by atoms with E-state index in [-0.39, 0.29) is 0 Å². The summed E-state index contributed by atoms with van der Waals surface area (Å²) in [6, 6.07) is 0. The van der Waals surface area contributed by atoms with Crippen molar-refractivity contribution in [3.63, 3.8) is 0 Å². The third kappa shape index (κ3) is 2.16. The Labute approximate surface area is 67.2 Å². The molecule has 0 saturated heterocycles. The monoisotopic (exact) mass is 206 g/mol. The fourth-order valence-electron chi connectivity index (χ4n) is 0.642. The predicted molar refractivity (Wildman–Crippen MR) is 44.8 cm³/mol. The van der Waals surface area contributed by atoms with Crippen LogP contribution in [-0.4, -0.2) is 9.38 Å². The van der Waals surface area contributed by atoms with E-state index in [4.69, 9.17) is 4.55 Å². The zero-order valence-corrected chi connectivity index (χ0v) is 7.15. The predicted octanol–water partition coefficient (Wildman–Crippen LogP) is 2.80. The maximum absolute atomic E-state index is 8.56. The van der Waals surface area contributed by atoms with E-state index in [0.29, 0.717) is 4.83 Å². The normalized spacial score (nSPS) is 26.0. The number of allylic oxidation sites excluding steroid dienone is 3. The van der Waals surface area contributed by atoms with Crippen LogP contribution in [0.4, 0.5) is 0 Å². The largest absolute Gasteiger partial charge is 0.325 e. The highest BCUT2D eigenvalue weighted by Crippen LogP contribution is 2.22. The lowest BCUT2D eigenvalue weighted by Gasteiger charge is -2.06. The highest BCUT2D eigenvalue weighted by molar-refractivity contribution is 9.09. The molecule has 1 nitrogen and oxygen atoms in total. The first-order valence-electron chi connectivity index (χ1n) is 2.67. The van der Waals surface area contributed by atoms with E-state index >= 15 is 0 Å². The van der Waals surface area contributed by atoms with Crippen molar-refractivity contribution in [2.75, 3.05) is 0 Å². The smallest absolute Gasteiger partial charge is 0.0363 e. The van der Waals surface area contributed by atoms with Gasteiger partial charge in [-0.1, -0.05) is 28.1 Å². The molecule has 1 atom stereocenters. The van der Waals surface area contributed by atoms with Gasteiger partial charge in [0.1, 0.15) is 0 Å². The number of hydrogen-bond acceptors (Lipinski definition) is 2. The van der Waals surface area contributed by atoms with E-state index < -0.39 is 0 Å². The first-order chi connectivity index (χ1) is 4.33. The van der Waals surface area contributed by atoms with Gasteiger partial charge >= 0.3 is 0 Å². The van der Waals surface area contributed by atoms with Crippen LogP contribution in [0.5, 0.6) is 0 Å². The molecule has 1 aliphatic carbocycles. The van der Waals surface area contributed by atoms with Crippen LogP contribution in [-0.2, 0) is 0 Å². The Kier molecular flexibility index (Phi) is 2.82. The maximum atomic E-state index is 8.56. The topological polar surface area (TPSA) is 20.2 Å². The Bertz CT molecular complexity index is 153. The number of rotatable bonds is 1. The second-order valence-electron chi connectivity index (χ2n) is 1.81. The fraction of sp³-hybridized carbons (Fsp3) is 0.333. The summed E-state index contributed by atoms with van der Waals surface area (Å²) in [6.45, 7) is 0. The van der Waals surface area contributed by atoms with Gasteiger partial charge in [0.05, 0.1) is 0 Å². The first-order valence-corrected chi connectivity index (χ1v) is 4.35. The zero-order chi connectivity index (χ0) is 6.69. The van der Waals surface area contributed by atoms with Gasteiger partial charge in [-0.25, -0.2) is 0 Å². The molecule has 0 fully saturated rings. The van der Waals surface area contributed by atoms with E-state index in [0.717, 1.165) is 23.4 Å². The first kappa shape index (κ1) is 7.38. The molecule has 1 rings (SSSR count). The van der Waals surface area contributed by atoms with E-state index in [1.54, 1.807) is 0 Å². The minimum absolute atomic E-state index is 0.452. The van der Waals surface area contributed by atoms with Gasteiger partial charge in [-0.2, -0.15) is 0 Å². The van der Waals surface area contributed by atoms with Gasteiger partial charge < -0.3 is 4.55 Å². The third-order valence-electron chi connectivity index (χ3n) is 1.12. The lowest BCUT2D eigenvalue weighted by Crippen LogP contribution is -1.94. The lowest BCUT2D eigenvalue weighted by atomic mass is 10.2. The molecule has 0 spiro atoms. The minimum Gasteiger partial charge on any atom is -0.325 e. The lowest BCUT2D eigenvalue weighted by molar-refractivity contribution is 0.669. The van der Waals surface area contributed by atoms with E-state index in [9.17, 15) is 0 Å². The molecule has 3 heteroatoms. The summed E-state index contributed by atoms with van der Waals surface area (Å²) in [5.74, 6) is 0. The van der Waals surface area contributed by atoms with Crippen LogP contribution in [0.15, 0.2) is 23.1 Å². The third-order valence-corrected chi connectivity index (χ3v) is 2.31. The summed E-state index contributed by atoms with van der Waals surface area (Å²) in [5.41, 5.74) is 0. The van der Waals surface area contributed by atoms with Crippen LogP contribution in [0.2, 0.25) is 0 Å². The summed E-state index contributed by atoms with van der Waals surface area (Å²) in [6.07, 6.45) is 6.91. The van der Waals surface area contributed by atoms with Gasteiger partial charge in [-0.05, 0) is 12.5 Å². The number of halogens is 1.